The first-order valence-electron chi connectivity index (χ1n) is 17.1. The molecule has 0 saturated heterocycles. The van der Waals surface area contributed by atoms with Gasteiger partial charge in [-0.05, 0) is 96.0 Å². The van der Waals surface area contributed by atoms with Gasteiger partial charge in [-0.3, -0.25) is 19.9 Å². The molecule has 0 aliphatic heterocycles. The summed E-state index contributed by atoms with van der Waals surface area (Å²) in [6.07, 6.45) is 7.66. The summed E-state index contributed by atoms with van der Waals surface area (Å²) in [5, 5.41) is 7.03. The van der Waals surface area contributed by atoms with Gasteiger partial charge in [0.2, 0.25) is 0 Å². The van der Waals surface area contributed by atoms with Crippen LogP contribution in [0, 0.1) is 0 Å². The molecule has 6 aromatic carbocycles. The molecule has 0 unspecified atom stereocenters. The molecule has 6 heteroatoms. The molecule has 4 aromatic heterocycles. The van der Waals surface area contributed by atoms with Crippen molar-refractivity contribution in [3.63, 3.8) is 0 Å². The summed E-state index contributed by atoms with van der Waals surface area (Å²) in [5.41, 5.74) is 14.8. The van der Waals surface area contributed by atoms with Crippen LogP contribution in [-0.2, 0) is 0 Å². The Bertz CT molecular complexity index is 2890. The van der Waals surface area contributed by atoms with E-state index in [1.54, 1.807) is 22.7 Å². The van der Waals surface area contributed by atoms with Crippen molar-refractivity contribution in [1.82, 2.24) is 19.9 Å². The highest BCUT2D eigenvalue weighted by Gasteiger charge is 2.20. The molecule has 0 aliphatic rings. The van der Waals surface area contributed by atoms with Gasteiger partial charge in [0.25, 0.3) is 0 Å². The third-order valence-electron chi connectivity index (χ3n) is 9.81. The molecule has 244 valence electrons. The van der Waals surface area contributed by atoms with E-state index in [1.165, 1.54) is 21.9 Å². The van der Waals surface area contributed by atoms with Crippen LogP contribution >= 0.6 is 22.7 Å². The summed E-state index contributed by atoms with van der Waals surface area (Å²) in [5.74, 6) is 0. The zero-order valence-corrected chi connectivity index (χ0v) is 29.4. The van der Waals surface area contributed by atoms with Crippen LogP contribution in [0.15, 0.2) is 169 Å². The molecule has 0 saturated carbocycles. The number of aromatic nitrogens is 4. The van der Waals surface area contributed by atoms with Gasteiger partial charge in [-0.1, -0.05) is 103 Å². The van der Waals surface area contributed by atoms with Crippen molar-refractivity contribution in [3.8, 4) is 65.6 Å². The van der Waals surface area contributed by atoms with Crippen molar-refractivity contribution in [2.24, 2.45) is 0 Å². The first-order valence-corrected chi connectivity index (χ1v) is 18.8. The highest BCUT2D eigenvalue weighted by molar-refractivity contribution is 7.13. The van der Waals surface area contributed by atoms with E-state index in [2.05, 4.69) is 143 Å². The molecular weight excluding hydrogens is 673 g/mol. The lowest BCUT2D eigenvalue weighted by molar-refractivity contribution is 1.33. The van der Waals surface area contributed by atoms with Crippen LogP contribution in [0.1, 0.15) is 0 Å². The monoisotopic (exact) mass is 700 g/mol. The molecule has 52 heavy (non-hydrogen) atoms. The number of thiazole rings is 2. The highest BCUT2D eigenvalue weighted by atomic mass is 32.1. The van der Waals surface area contributed by atoms with Gasteiger partial charge in [0, 0.05) is 35.9 Å². The molecule has 0 N–H and O–H groups in total. The second kappa shape index (κ2) is 12.8. The van der Waals surface area contributed by atoms with Gasteiger partial charge in [0.1, 0.15) is 0 Å². The largest absolute Gasteiger partial charge is 0.256 e. The standard InChI is InChI=1S/C46H28N4S2/c1-2-8-35-30(6-1)7-5-11-36(35)31-14-12-29(13-15-31)32-16-17-39-40(22-32)46(42-24-34(19-21-50-42)44-26-48-28-52-44)38-10-4-3-9-37(38)45(39)41-23-33(18-20-49-41)43-25-47-27-51-43/h1-28H. The molecule has 0 aliphatic carbocycles. The first-order chi connectivity index (χ1) is 25.8. The fourth-order valence-corrected chi connectivity index (χ4v) is 8.63. The van der Waals surface area contributed by atoms with Crippen LogP contribution < -0.4 is 0 Å². The average molecular weight is 701 g/mol. The predicted molar refractivity (Wildman–Crippen MR) is 219 cm³/mol. The molecular formula is C46H28N4S2. The molecule has 0 fully saturated rings. The van der Waals surface area contributed by atoms with Crippen LogP contribution in [0.5, 0.6) is 0 Å². The van der Waals surface area contributed by atoms with Gasteiger partial charge in [-0.2, -0.15) is 0 Å². The van der Waals surface area contributed by atoms with Gasteiger partial charge in [-0.25, -0.2) is 0 Å². The normalized spacial score (nSPS) is 11.5. The van der Waals surface area contributed by atoms with Crippen LogP contribution in [0.2, 0.25) is 0 Å². The summed E-state index contributed by atoms with van der Waals surface area (Å²) < 4.78 is 0. The van der Waals surface area contributed by atoms with E-state index in [0.717, 1.165) is 76.1 Å². The molecule has 0 bridgehead atoms. The predicted octanol–water partition coefficient (Wildman–Crippen LogP) is 12.9. The van der Waals surface area contributed by atoms with Gasteiger partial charge < -0.3 is 0 Å². The number of fused-ring (bicyclic) bond motifs is 3. The van der Waals surface area contributed by atoms with Crippen LogP contribution in [-0.4, -0.2) is 19.9 Å². The van der Waals surface area contributed by atoms with E-state index >= 15 is 0 Å². The Kier molecular flexibility index (Phi) is 7.48. The topological polar surface area (TPSA) is 51.6 Å². The van der Waals surface area contributed by atoms with E-state index < -0.39 is 0 Å². The van der Waals surface area contributed by atoms with Crippen molar-refractivity contribution < 1.29 is 0 Å². The lowest BCUT2D eigenvalue weighted by atomic mass is 9.86. The highest BCUT2D eigenvalue weighted by Crippen LogP contribution is 2.45. The number of hydrogen-bond acceptors (Lipinski definition) is 6. The number of rotatable bonds is 6. The molecule has 10 rings (SSSR count). The minimum absolute atomic E-state index is 0.925. The number of hydrogen-bond donors (Lipinski definition) is 0. The Morgan fingerprint density at radius 2 is 0.923 bits per heavy atom. The van der Waals surface area contributed by atoms with Crippen molar-refractivity contribution in [2.45, 2.75) is 0 Å². The molecule has 10 aromatic rings. The minimum Gasteiger partial charge on any atom is -0.256 e. The summed E-state index contributed by atoms with van der Waals surface area (Å²) in [6.45, 7) is 0. The SMILES string of the molecule is c1ccc2c(-c3ccc(-c4ccc5c(-c6cc(-c7cncs7)ccn6)c6ccccc6c(-c6cc(-c7cncs7)ccn6)c5c4)cc3)cccc2c1. The Balaban J connectivity index is 1.20. The zero-order chi connectivity index (χ0) is 34.4. The van der Waals surface area contributed by atoms with Crippen molar-refractivity contribution >= 4 is 55.0 Å². The fourth-order valence-electron chi connectivity index (χ4n) is 7.39. The van der Waals surface area contributed by atoms with E-state index in [9.17, 15) is 0 Å². The average Bonchev–Trinajstić information content (AvgIpc) is 3.96. The van der Waals surface area contributed by atoms with Crippen LogP contribution in [0.3, 0.4) is 0 Å². The third kappa shape index (κ3) is 5.28. The van der Waals surface area contributed by atoms with Crippen LogP contribution in [0.25, 0.3) is 98.0 Å². The Morgan fingerprint density at radius 3 is 1.56 bits per heavy atom. The summed E-state index contributed by atoms with van der Waals surface area (Å²) in [4.78, 5) is 20.9. The Morgan fingerprint density at radius 1 is 0.385 bits per heavy atom. The van der Waals surface area contributed by atoms with Gasteiger partial charge in [0.15, 0.2) is 0 Å². The molecule has 4 nitrogen and oxygen atoms in total. The Hall–Kier alpha value is -6.34. The third-order valence-corrected chi connectivity index (χ3v) is 11.5. The zero-order valence-electron chi connectivity index (χ0n) is 27.8. The molecule has 4 heterocycles. The molecule has 0 radical (unpaired) electrons. The maximum absolute atomic E-state index is 5.01. The quantitative estimate of drug-likeness (QED) is 0.162. The van der Waals surface area contributed by atoms with Crippen molar-refractivity contribution in [2.75, 3.05) is 0 Å². The second-order valence-corrected chi connectivity index (χ2v) is 14.5. The van der Waals surface area contributed by atoms with E-state index in [-0.39, 0.29) is 0 Å². The second-order valence-electron chi connectivity index (χ2n) is 12.8. The number of pyridine rings is 2. The maximum Gasteiger partial charge on any atom is 0.0797 e. The number of benzene rings is 6. The van der Waals surface area contributed by atoms with Gasteiger partial charge >= 0.3 is 0 Å². The maximum atomic E-state index is 5.01. The molecule has 0 spiro atoms. The van der Waals surface area contributed by atoms with E-state index in [0.29, 0.717) is 0 Å². The summed E-state index contributed by atoms with van der Waals surface area (Å²) in [6, 6.07) is 48.1. The van der Waals surface area contributed by atoms with E-state index in [4.69, 9.17) is 9.97 Å². The lowest BCUT2D eigenvalue weighted by Crippen LogP contribution is -1.95. The van der Waals surface area contributed by atoms with Gasteiger partial charge in [0.05, 0.1) is 32.2 Å². The number of nitrogens with zero attached hydrogens (tertiary/aromatic N) is 4. The summed E-state index contributed by atoms with van der Waals surface area (Å²) >= 11 is 3.27. The lowest BCUT2D eigenvalue weighted by Gasteiger charge is -2.18. The Labute approximate surface area is 308 Å². The van der Waals surface area contributed by atoms with Crippen molar-refractivity contribution in [3.05, 3.63) is 169 Å². The van der Waals surface area contributed by atoms with Crippen molar-refractivity contribution in [1.29, 1.82) is 0 Å². The molecule has 0 atom stereocenters. The smallest absolute Gasteiger partial charge is 0.0797 e. The first kappa shape index (κ1) is 30.5. The summed E-state index contributed by atoms with van der Waals surface area (Å²) in [7, 11) is 0. The van der Waals surface area contributed by atoms with E-state index in [1.807, 2.05) is 35.8 Å². The van der Waals surface area contributed by atoms with Gasteiger partial charge in [-0.15, -0.1) is 22.7 Å². The van der Waals surface area contributed by atoms with Crippen LogP contribution in [0.4, 0.5) is 0 Å². The fraction of sp³-hybridized carbons (Fsp3) is 0. The minimum atomic E-state index is 0.925. The molecule has 0 amide bonds.